The number of hydrogen-bond donors (Lipinski definition) is 0. The van der Waals surface area contributed by atoms with Gasteiger partial charge >= 0.3 is 0 Å². The fraction of sp³-hybridized carbons (Fsp3) is 0.200. The zero-order valence-corrected chi connectivity index (χ0v) is 6.83. The number of nitrogens with zero attached hydrogens (tertiary/aromatic N) is 2. The molecular weight excluding hydrogens is 148 g/mol. The molecule has 0 heterocycles. The van der Waals surface area contributed by atoms with E-state index in [0.717, 1.165) is 12.0 Å². The number of rotatable bonds is 1. The minimum Gasteiger partial charge on any atom is -0.192 e. The van der Waals surface area contributed by atoms with Gasteiger partial charge in [-0.3, -0.25) is 0 Å². The molecule has 58 valence electrons. The lowest BCUT2D eigenvalue weighted by Crippen LogP contribution is -1.88. The van der Waals surface area contributed by atoms with Gasteiger partial charge in [-0.2, -0.15) is 10.5 Å². The molecule has 0 radical (unpaired) electrons. The average Bonchev–Trinajstić information content (AvgIpc) is 2.16. The standard InChI is InChI=1S/C10H8N2/c1-2-9-5-8(6-11)3-4-10(9)7-12/h3-5H,2H2,1H3. The molecule has 0 amide bonds. The van der Waals surface area contributed by atoms with E-state index in [0.29, 0.717) is 11.1 Å². The predicted octanol–water partition coefficient (Wildman–Crippen LogP) is 1.99. The van der Waals surface area contributed by atoms with E-state index in [4.69, 9.17) is 10.5 Å². The van der Waals surface area contributed by atoms with E-state index in [-0.39, 0.29) is 0 Å². The van der Waals surface area contributed by atoms with Crippen molar-refractivity contribution < 1.29 is 0 Å². The Hall–Kier alpha value is -1.80. The maximum Gasteiger partial charge on any atom is 0.0994 e. The van der Waals surface area contributed by atoms with Crippen LogP contribution in [0.2, 0.25) is 0 Å². The first-order valence-corrected chi connectivity index (χ1v) is 3.75. The lowest BCUT2D eigenvalue weighted by molar-refractivity contribution is 1.12. The van der Waals surface area contributed by atoms with E-state index in [1.54, 1.807) is 18.2 Å². The highest BCUT2D eigenvalue weighted by Gasteiger charge is 2.00. The first kappa shape index (κ1) is 8.30. The van der Waals surface area contributed by atoms with Crippen molar-refractivity contribution >= 4 is 0 Å². The molecule has 0 N–H and O–H groups in total. The second kappa shape index (κ2) is 3.55. The third-order valence-electron chi connectivity index (χ3n) is 1.74. The fourth-order valence-corrected chi connectivity index (χ4v) is 1.06. The molecule has 0 atom stereocenters. The van der Waals surface area contributed by atoms with Gasteiger partial charge in [-0.1, -0.05) is 6.92 Å². The SMILES string of the molecule is CCc1cc(C#N)ccc1C#N. The average molecular weight is 156 g/mol. The molecule has 0 aliphatic heterocycles. The summed E-state index contributed by atoms with van der Waals surface area (Å²) >= 11 is 0. The van der Waals surface area contributed by atoms with Crippen LogP contribution >= 0.6 is 0 Å². The molecule has 0 bridgehead atoms. The summed E-state index contributed by atoms with van der Waals surface area (Å²) in [6.45, 7) is 1.97. The number of nitriles is 2. The number of benzene rings is 1. The normalized spacial score (nSPS) is 8.58. The van der Waals surface area contributed by atoms with E-state index in [1.807, 2.05) is 13.0 Å². The lowest BCUT2D eigenvalue weighted by Gasteiger charge is -1.98. The van der Waals surface area contributed by atoms with Gasteiger partial charge < -0.3 is 0 Å². The molecule has 0 aromatic heterocycles. The van der Waals surface area contributed by atoms with Gasteiger partial charge in [0.2, 0.25) is 0 Å². The van der Waals surface area contributed by atoms with E-state index in [2.05, 4.69) is 6.07 Å². The van der Waals surface area contributed by atoms with Crippen LogP contribution in [0.4, 0.5) is 0 Å². The first-order chi connectivity index (χ1) is 5.81. The molecule has 0 aliphatic carbocycles. The third kappa shape index (κ3) is 1.44. The topological polar surface area (TPSA) is 47.6 Å². The molecular formula is C10H8N2. The summed E-state index contributed by atoms with van der Waals surface area (Å²) in [5.74, 6) is 0. The van der Waals surface area contributed by atoms with Crippen LogP contribution in [-0.2, 0) is 6.42 Å². The molecule has 1 aromatic carbocycles. The van der Waals surface area contributed by atoms with Gasteiger partial charge in [0.05, 0.1) is 23.3 Å². The molecule has 0 fully saturated rings. The van der Waals surface area contributed by atoms with Crippen LogP contribution in [0.15, 0.2) is 18.2 Å². The Morgan fingerprint density at radius 3 is 2.50 bits per heavy atom. The van der Waals surface area contributed by atoms with E-state index in [1.165, 1.54) is 0 Å². The Bertz CT molecular complexity index is 366. The monoisotopic (exact) mass is 156 g/mol. The fourth-order valence-electron chi connectivity index (χ4n) is 1.06. The molecule has 0 saturated carbocycles. The van der Waals surface area contributed by atoms with Crippen molar-refractivity contribution in [3.8, 4) is 12.1 Å². The predicted molar refractivity (Wildman–Crippen MR) is 45.3 cm³/mol. The smallest absolute Gasteiger partial charge is 0.0994 e. The Balaban J connectivity index is 3.24. The van der Waals surface area contributed by atoms with Crippen LogP contribution in [0, 0.1) is 22.7 Å². The maximum atomic E-state index is 8.68. The lowest BCUT2D eigenvalue weighted by atomic mass is 10.0. The van der Waals surface area contributed by atoms with Crippen molar-refractivity contribution in [1.29, 1.82) is 10.5 Å². The summed E-state index contributed by atoms with van der Waals surface area (Å²) in [5.41, 5.74) is 2.22. The maximum absolute atomic E-state index is 8.68. The van der Waals surface area contributed by atoms with Crippen molar-refractivity contribution in [2.75, 3.05) is 0 Å². The minimum absolute atomic E-state index is 0.617. The van der Waals surface area contributed by atoms with Crippen LogP contribution in [0.5, 0.6) is 0 Å². The van der Waals surface area contributed by atoms with E-state index < -0.39 is 0 Å². The minimum atomic E-state index is 0.617. The molecule has 1 rings (SSSR count). The molecule has 0 aliphatic rings. The van der Waals surface area contributed by atoms with Gasteiger partial charge in [0.25, 0.3) is 0 Å². The largest absolute Gasteiger partial charge is 0.192 e. The van der Waals surface area contributed by atoms with Crippen molar-refractivity contribution in [3.63, 3.8) is 0 Å². The Kier molecular flexibility index (Phi) is 2.46. The molecule has 0 unspecified atom stereocenters. The van der Waals surface area contributed by atoms with Gasteiger partial charge in [-0.25, -0.2) is 0 Å². The second-order valence-corrected chi connectivity index (χ2v) is 2.45. The Morgan fingerprint density at radius 1 is 1.25 bits per heavy atom. The van der Waals surface area contributed by atoms with Gasteiger partial charge in [-0.05, 0) is 30.2 Å². The first-order valence-electron chi connectivity index (χ1n) is 3.75. The van der Waals surface area contributed by atoms with Crippen molar-refractivity contribution in [1.82, 2.24) is 0 Å². The highest BCUT2D eigenvalue weighted by atomic mass is 14.3. The molecule has 0 spiro atoms. The molecule has 12 heavy (non-hydrogen) atoms. The summed E-state index contributed by atoms with van der Waals surface area (Å²) < 4.78 is 0. The summed E-state index contributed by atoms with van der Waals surface area (Å²) in [5, 5.41) is 17.3. The van der Waals surface area contributed by atoms with Gasteiger partial charge in [0, 0.05) is 0 Å². The summed E-state index contributed by atoms with van der Waals surface area (Å²) in [6, 6.07) is 9.25. The van der Waals surface area contributed by atoms with Crippen molar-refractivity contribution in [2.45, 2.75) is 13.3 Å². The quantitative estimate of drug-likeness (QED) is 0.624. The van der Waals surface area contributed by atoms with Crippen molar-refractivity contribution in [2.24, 2.45) is 0 Å². The van der Waals surface area contributed by atoms with Crippen LogP contribution in [-0.4, -0.2) is 0 Å². The van der Waals surface area contributed by atoms with Gasteiger partial charge in [0.1, 0.15) is 0 Å². The van der Waals surface area contributed by atoms with Crippen molar-refractivity contribution in [3.05, 3.63) is 34.9 Å². The summed E-state index contributed by atoms with van der Waals surface area (Å²) in [6.07, 6.45) is 0.790. The summed E-state index contributed by atoms with van der Waals surface area (Å²) in [7, 11) is 0. The highest BCUT2D eigenvalue weighted by Crippen LogP contribution is 2.10. The Morgan fingerprint density at radius 2 is 2.00 bits per heavy atom. The van der Waals surface area contributed by atoms with Crippen LogP contribution in [0.3, 0.4) is 0 Å². The number of hydrogen-bond acceptors (Lipinski definition) is 2. The number of aryl methyl sites for hydroxylation is 1. The highest BCUT2D eigenvalue weighted by molar-refractivity contribution is 5.43. The summed E-state index contributed by atoms with van der Waals surface area (Å²) in [4.78, 5) is 0. The molecule has 0 saturated heterocycles. The van der Waals surface area contributed by atoms with Gasteiger partial charge in [0.15, 0.2) is 0 Å². The molecule has 2 nitrogen and oxygen atoms in total. The van der Waals surface area contributed by atoms with E-state index in [9.17, 15) is 0 Å². The van der Waals surface area contributed by atoms with Crippen LogP contribution in [0.25, 0.3) is 0 Å². The Labute approximate surface area is 71.7 Å². The molecule has 2 heteroatoms. The zero-order chi connectivity index (χ0) is 8.97. The van der Waals surface area contributed by atoms with Gasteiger partial charge in [-0.15, -0.1) is 0 Å². The zero-order valence-electron chi connectivity index (χ0n) is 6.83. The second-order valence-electron chi connectivity index (χ2n) is 2.45. The third-order valence-corrected chi connectivity index (χ3v) is 1.74. The van der Waals surface area contributed by atoms with Crippen LogP contribution < -0.4 is 0 Å². The van der Waals surface area contributed by atoms with Crippen LogP contribution in [0.1, 0.15) is 23.6 Å². The molecule has 1 aromatic rings. The van der Waals surface area contributed by atoms with E-state index >= 15 is 0 Å².